The molecule has 0 saturated heterocycles. The minimum Gasteiger partial charge on any atom is -0.493 e. The Bertz CT molecular complexity index is 1040. The summed E-state index contributed by atoms with van der Waals surface area (Å²) < 4.78 is 19.5. The Hall–Kier alpha value is -2.44. The Morgan fingerprint density at radius 2 is 1.83 bits per heavy atom. The second kappa shape index (κ2) is 9.14. The average Bonchev–Trinajstić information content (AvgIpc) is 2.71. The second-order valence-corrected chi connectivity index (χ2v) is 7.91. The normalized spacial score (nSPS) is 11.9. The van der Waals surface area contributed by atoms with E-state index in [-0.39, 0.29) is 10.6 Å². The third-order valence-electron chi connectivity index (χ3n) is 5.43. The fraction of sp³-hybridized carbons (Fsp3) is 0.391. The molecule has 0 fully saturated rings. The Morgan fingerprint density at radius 1 is 1.10 bits per heavy atom. The lowest BCUT2D eigenvalue weighted by atomic mass is 9.90. The number of benzene rings is 2. The number of fused-ring (bicyclic) bond motifs is 1. The van der Waals surface area contributed by atoms with Crippen molar-refractivity contribution in [1.29, 1.82) is 0 Å². The highest BCUT2D eigenvalue weighted by atomic mass is 35.5. The minimum absolute atomic E-state index is 0.0559. The van der Waals surface area contributed by atoms with Crippen LogP contribution in [0.25, 0.3) is 10.9 Å². The number of ether oxygens (including phenoxy) is 1. The van der Waals surface area contributed by atoms with E-state index in [2.05, 4.69) is 53.9 Å². The summed E-state index contributed by atoms with van der Waals surface area (Å²) in [7, 11) is 0. The van der Waals surface area contributed by atoms with Gasteiger partial charge in [0.05, 0.1) is 17.1 Å². The molecule has 30 heavy (non-hydrogen) atoms. The van der Waals surface area contributed by atoms with Crippen LogP contribution in [-0.2, 0) is 5.54 Å². The Kier molecular flexibility index (Phi) is 6.78. The molecule has 1 N–H and O–H groups in total. The second-order valence-electron chi connectivity index (χ2n) is 7.51. The molecule has 0 radical (unpaired) electrons. The molecular weight excluding hydrogens is 403 g/mol. The van der Waals surface area contributed by atoms with Crippen LogP contribution >= 0.6 is 11.6 Å². The molecule has 5 nitrogen and oxygen atoms in total. The number of aromatic nitrogens is 2. The zero-order valence-electron chi connectivity index (χ0n) is 18.1. The van der Waals surface area contributed by atoms with Gasteiger partial charge in [0.15, 0.2) is 0 Å². The first-order chi connectivity index (χ1) is 14.3. The summed E-state index contributed by atoms with van der Waals surface area (Å²) in [6.07, 6.45) is 1.50. The van der Waals surface area contributed by atoms with Gasteiger partial charge in [-0.3, -0.25) is 4.90 Å². The third kappa shape index (κ3) is 4.35. The molecule has 0 saturated carbocycles. The average molecular weight is 431 g/mol. The molecule has 3 rings (SSSR count). The van der Waals surface area contributed by atoms with Crippen molar-refractivity contribution >= 4 is 34.0 Å². The Morgan fingerprint density at radius 3 is 2.47 bits per heavy atom. The maximum Gasteiger partial charge on any atom is 0.141 e. The number of anilines is 2. The first-order valence-electron chi connectivity index (χ1n) is 10.2. The van der Waals surface area contributed by atoms with Crippen LogP contribution in [-0.4, -0.2) is 34.6 Å². The highest BCUT2D eigenvalue weighted by molar-refractivity contribution is 6.31. The first-order valence-corrected chi connectivity index (χ1v) is 10.6. The van der Waals surface area contributed by atoms with E-state index in [1.54, 1.807) is 12.1 Å². The molecule has 0 aliphatic heterocycles. The van der Waals surface area contributed by atoms with Gasteiger partial charge in [0.25, 0.3) is 0 Å². The maximum absolute atomic E-state index is 13.5. The molecule has 0 aliphatic rings. The Labute approximate surface area is 182 Å². The van der Waals surface area contributed by atoms with Crippen molar-refractivity contribution in [1.82, 2.24) is 14.9 Å². The van der Waals surface area contributed by atoms with Crippen LogP contribution in [0, 0.1) is 5.82 Å². The van der Waals surface area contributed by atoms with Gasteiger partial charge >= 0.3 is 0 Å². The summed E-state index contributed by atoms with van der Waals surface area (Å²) in [6, 6.07) is 8.55. The third-order valence-corrected chi connectivity index (χ3v) is 5.72. The van der Waals surface area contributed by atoms with E-state index in [0.717, 1.165) is 35.3 Å². The van der Waals surface area contributed by atoms with Crippen LogP contribution in [0.2, 0.25) is 5.02 Å². The zero-order valence-corrected chi connectivity index (χ0v) is 18.8. The smallest absolute Gasteiger partial charge is 0.141 e. The number of hydrogen-bond acceptors (Lipinski definition) is 5. The maximum atomic E-state index is 13.5. The molecule has 0 amide bonds. The molecule has 0 aliphatic carbocycles. The molecule has 0 spiro atoms. The molecular formula is C23H28ClFN4O. The fourth-order valence-electron chi connectivity index (χ4n) is 3.83. The molecule has 1 aromatic heterocycles. The predicted molar refractivity (Wildman–Crippen MR) is 121 cm³/mol. The summed E-state index contributed by atoms with van der Waals surface area (Å²) in [5.74, 6) is 0.984. The molecule has 0 unspecified atom stereocenters. The topological polar surface area (TPSA) is 50.3 Å². The number of hydrogen-bond donors (Lipinski definition) is 1. The van der Waals surface area contributed by atoms with Gasteiger partial charge < -0.3 is 10.1 Å². The van der Waals surface area contributed by atoms with Crippen LogP contribution in [0.3, 0.4) is 0 Å². The van der Waals surface area contributed by atoms with E-state index in [4.69, 9.17) is 16.3 Å². The fourth-order valence-corrected chi connectivity index (χ4v) is 4.01. The summed E-state index contributed by atoms with van der Waals surface area (Å²) in [4.78, 5) is 11.2. The van der Waals surface area contributed by atoms with E-state index in [1.165, 1.54) is 12.4 Å². The van der Waals surface area contributed by atoms with E-state index in [1.807, 2.05) is 13.0 Å². The lowest BCUT2D eigenvalue weighted by Crippen LogP contribution is -2.41. The highest BCUT2D eigenvalue weighted by Gasteiger charge is 2.30. The standard InChI is InChI=1S/C23H28ClFN4O/c1-6-29(7-2)23(4,5)17-12-16-20(13-21(17)30-8-3)26-14-27-22(16)28-15-9-10-19(25)18(24)11-15/h9-14H,6-8H2,1-5H3,(H,26,27,28). The number of nitrogens with one attached hydrogen (secondary N) is 1. The first kappa shape index (κ1) is 22.2. The van der Waals surface area contributed by atoms with Crippen molar-refractivity contribution in [2.75, 3.05) is 25.0 Å². The summed E-state index contributed by atoms with van der Waals surface area (Å²) in [5, 5.41) is 4.16. The molecule has 0 atom stereocenters. The molecule has 2 aromatic carbocycles. The molecule has 0 bridgehead atoms. The van der Waals surface area contributed by atoms with Gasteiger partial charge in [-0.05, 0) is 58.1 Å². The van der Waals surface area contributed by atoms with Crippen LogP contribution in [0.4, 0.5) is 15.9 Å². The van der Waals surface area contributed by atoms with Gasteiger partial charge in [-0.1, -0.05) is 25.4 Å². The monoisotopic (exact) mass is 430 g/mol. The molecule has 1 heterocycles. The summed E-state index contributed by atoms with van der Waals surface area (Å²) in [5.41, 5.74) is 2.23. The zero-order chi connectivity index (χ0) is 21.9. The number of rotatable bonds is 8. The van der Waals surface area contributed by atoms with Gasteiger partial charge in [0.1, 0.15) is 23.7 Å². The highest BCUT2D eigenvalue weighted by Crippen LogP contribution is 2.39. The van der Waals surface area contributed by atoms with Crippen LogP contribution < -0.4 is 10.1 Å². The van der Waals surface area contributed by atoms with Crippen molar-refractivity contribution in [3.05, 3.63) is 53.1 Å². The van der Waals surface area contributed by atoms with Crippen molar-refractivity contribution in [2.45, 2.75) is 40.2 Å². The molecule has 3 aromatic rings. The SMILES string of the molecule is CCOc1cc2ncnc(Nc3ccc(F)c(Cl)c3)c2cc1C(C)(C)N(CC)CC. The lowest BCUT2D eigenvalue weighted by molar-refractivity contribution is 0.130. The van der Waals surface area contributed by atoms with Crippen LogP contribution in [0.15, 0.2) is 36.7 Å². The predicted octanol–water partition coefficient (Wildman–Crippen LogP) is 6.14. The summed E-state index contributed by atoms with van der Waals surface area (Å²) >= 11 is 5.94. The van der Waals surface area contributed by atoms with E-state index < -0.39 is 5.82 Å². The van der Waals surface area contributed by atoms with Gasteiger partial charge in [-0.15, -0.1) is 0 Å². The molecule has 7 heteroatoms. The molecule has 160 valence electrons. The Balaban J connectivity index is 2.15. The van der Waals surface area contributed by atoms with E-state index in [9.17, 15) is 4.39 Å². The lowest BCUT2D eigenvalue weighted by Gasteiger charge is -2.38. The van der Waals surface area contributed by atoms with Crippen molar-refractivity contribution < 1.29 is 9.13 Å². The minimum atomic E-state index is -0.459. The van der Waals surface area contributed by atoms with Gasteiger partial charge in [0.2, 0.25) is 0 Å². The van der Waals surface area contributed by atoms with Gasteiger partial charge in [-0.2, -0.15) is 0 Å². The largest absolute Gasteiger partial charge is 0.493 e. The quantitative estimate of drug-likeness (QED) is 0.465. The van der Waals surface area contributed by atoms with Crippen LogP contribution in [0.5, 0.6) is 5.75 Å². The van der Waals surface area contributed by atoms with E-state index in [0.29, 0.717) is 18.1 Å². The van der Waals surface area contributed by atoms with Crippen molar-refractivity contribution in [3.8, 4) is 5.75 Å². The van der Waals surface area contributed by atoms with Gasteiger partial charge in [0, 0.05) is 28.2 Å². The van der Waals surface area contributed by atoms with Crippen molar-refractivity contribution in [2.24, 2.45) is 0 Å². The number of halogens is 2. The van der Waals surface area contributed by atoms with E-state index >= 15 is 0 Å². The van der Waals surface area contributed by atoms with Crippen molar-refractivity contribution in [3.63, 3.8) is 0 Å². The van der Waals surface area contributed by atoms with Gasteiger partial charge in [-0.25, -0.2) is 14.4 Å². The van der Waals surface area contributed by atoms with Crippen LogP contribution in [0.1, 0.15) is 40.2 Å². The number of nitrogens with zero attached hydrogens (tertiary/aromatic N) is 3. The summed E-state index contributed by atoms with van der Waals surface area (Å²) in [6.45, 7) is 13.1.